The minimum Gasteiger partial charge on any atom is -0.326 e. The van der Waals surface area contributed by atoms with Gasteiger partial charge in [-0.05, 0) is 67.3 Å². The standard InChI is InChI=1S/C17H24N2O/c18-9-12-1-2-16(20)19(10-12)11-17-6-13-3-14(7-17)5-15(4-13)8-17/h1-2,10,13-15H,3-9,11,18H2. The van der Waals surface area contributed by atoms with Crippen molar-refractivity contribution < 1.29 is 0 Å². The lowest BCUT2D eigenvalue weighted by molar-refractivity contribution is -0.0623. The molecule has 0 atom stereocenters. The van der Waals surface area contributed by atoms with Crippen molar-refractivity contribution in [2.75, 3.05) is 0 Å². The van der Waals surface area contributed by atoms with Gasteiger partial charge in [-0.25, -0.2) is 0 Å². The summed E-state index contributed by atoms with van der Waals surface area (Å²) in [6.07, 6.45) is 10.4. The van der Waals surface area contributed by atoms with Crippen LogP contribution in [0.15, 0.2) is 23.1 Å². The van der Waals surface area contributed by atoms with E-state index in [-0.39, 0.29) is 5.56 Å². The van der Waals surface area contributed by atoms with Crippen molar-refractivity contribution in [2.45, 2.75) is 51.6 Å². The molecule has 0 amide bonds. The van der Waals surface area contributed by atoms with Gasteiger partial charge in [0.25, 0.3) is 5.56 Å². The number of aromatic nitrogens is 1. The number of nitrogens with zero attached hydrogens (tertiary/aromatic N) is 1. The van der Waals surface area contributed by atoms with E-state index in [9.17, 15) is 4.79 Å². The lowest BCUT2D eigenvalue weighted by Crippen LogP contribution is -2.48. The van der Waals surface area contributed by atoms with Crippen molar-refractivity contribution in [3.05, 3.63) is 34.2 Å². The van der Waals surface area contributed by atoms with Gasteiger partial charge < -0.3 is 10.3 Å². The minimum absolute atomic E-state index is 0.137. The van der Waals surface area contributed by atoms with Crippen molar-refractivity contribution in [3.8, 4) is 0 Å². The van der Waals surface area contributed by atoms with E-state index < -0.39 is 0 Å². The van der Waals surface area contributed by atoms with E-state index in [4.69, 9.17) is 5.73 Å². The Balaban J connectivity index is 1.64. The second kappa shape index (κ2) is 4.45. The van der Waals surface area contributed by atoms with Crippen molar-refractivity contribution in [3.63, 3.8) is 0 Å². The lowest BCUT2D eigenvalue weighted by atomic mass is 9.49. The van der Waals surface area contributed by atoms with E-state index in [1.54, 1.807) is 6.07 Å². The topological polar surface area (TPSA) is 48.0 Å². The molecule has 20 heavy (non-hydrogen) atoms. The molecule has 0 aromatic carbocycles. The smallest absolute Gasteiger partial charge is 0.250 e. The molecule has 0 aliphatic heterocycles. The maximum Gasteiger partial charge on any atom is 0.250 e. The summed E-state index contributed by atoms with van der Waals surface area (Å²) in [7, 11) is 0. The summed E-state index contributed by atoms with van der Waals surface area (Å²) in [6, 6.07) is 3.54. The number of nitrogens with two attached hydrogens (primary N) is 1. The van der Waals surface area contributed by atoms with Gasteiger partial charge in [0.1, 0.15) is 0 Å². The first-order chi connectivity index (χ1) is 9.66. The van der Waals surface area contributed by atoms with Crippen LogP contribution < -0.4 is 11.3 Å². The fraction of sp³-hybridized carbons (Fsp3) is 0.706. The Morgan fingerprint density at radius 3 is 2.25 bits per heavy atom. The van der Waals surface area contributed by atoms with Crippen LogP contribution in [0.2, 0.25) is 0 Å². The second-order valence-corrected chi connectivity index (χ2v) is 7.63. The summed E-state index contributed by atoms with van der Waals surface area (Å²) < 4.78 is 1.94. The molecule has 0 spiro atoms. The van der Waals surface area contributed by atoms with Crippen molar-refractivity contribution in [1.29, 1.82) is 0 Å². The third-order valence-electron chi connectivity index (χ3n) is 5.95. The SMILES string of the molecule is NCc1ccc(=O)n(CC23CC4CC(CC(C4)C2)C3)c1. The van der Waals surface area contributed by atoms with E-state index in [0.29, 0.717) is 12.0 Å². The number of rotatable bonds is 3. The third kappa shape index (κ3) is 2.03. The summed E-state index contributed by atoms with van der Waals surface area (Å²) in [5, 5.41) is 0. The summed E-state index contributed by atoms with van der Waals surface area (Å²) >= 11 is 0. The average molecular weight is 272 g/mol. The molecule has 0 radical (unpaired) electrons. The van der Waals surface area contributed by atoms with E-state index in [0.717, 1.165) is 29.9 Å². The molecule has 108 valence electrons. The molecule has 4 aliphatic carbocycles. The zero-order valence-electron chi connectivity index (χ0n) is 12.1. The fourth-order valence-electron chi connectivity index (χ4n) is 5.67. The molecule has 1 aromatic rings. The molecule has 3 nitrogen and oxygen atoms in total. The summed E-state index contributed by atoms with van der Waals surface area (Å²) in [5.74, 6) is 2.82. The van der Waals surface area contributed by atoms with Crippen LogP contribution in [0.3, 0.4) is 0 Å². The van der Waals surface area contributed by atoms with Gasteiger partial charge in [0.05, 0.1) is 0 Å². The van der Waals surface area contributed by atoms with E-state index in [1.807, 2.05) is 16.8 Å². The summed E-state index contributed by atoms with van der Waals surface area (Å²) in [5.41, 5.74) is 7.32. The highest BCUT2D eigenvalue weighted by Crippen LogP contribution is 2.60. The molecule has 4 saturated carbocycles. The first-order valence-corrected chi connectivity index (χ1v) is 8.05. The molecule has 5 rings (SSSR count). The van der Waals surface area contributed by atoms with Gasteiger partial charge in [0.15, 0.2) is 0 Å². The van der Waals surface area contributed by atoms with Gasteiger partial charge in [-0.2, -0.15) is 0 Å². The highest BCUT2D eigenvalue weighted by atomic mass is 16.1. The van der Waals surface area contributed by atoms with E-state index >= 15 is 0 Å². The molecule has 1 heterocycles. The second-order valence-electron chi connectivity index (χ2n) is 7.63. The Hall–Kier alpha value is -1.09. The number of hydrogen-bond acceptors (Lipinski definition) is 2. The van der Waals surface area contributed by atoms with Crippen LogP contribution in [0.25, 0.3) is 0 Å². The van der Waals surface area contributed by atoms with Crippen LogP contribution in [-0.4, -0.2) is 4.57 Å². The van der Waals surface area contributed by atoms with Crippen molar-refractivity contribution >= 4 is 0 Å². The molecule has 0 unspecified atom stereocenters. The van der Waals surface area contributed by atoms with Gasteiger partial charge in [0, 0.05) is 25.4 Å². The Bertz CT molecular complexity index is 539. The molecule has 0 saturated heterocycles. The molecular formula is C17H24N2O. The molecule has 4 fully saturated rings. The molecule has 2 N–H and O–H groups in total. The molecule has 3 heteroatoms. The maximum atomic E-state index is 12.1. The lowest BCUT2D eigenvalue weighted by Gasteiger charge is -2.57. The minimum atomic E-state index is 0.137. The zero-order chi connectivity index (χ0) is 13.7. The van der Waals surface area contributed by atoms with Crippen molar-refractivity contribution in [1.82, 2.24) is 4.57 Å². The Morgan fingerprint density at radius 2 is 1.70 bits per heavy atom. The molecule has 1 aromatic heterocycles. The van der Waals surface area contributed by atoms with E-state index in [2.05, 4.69) is 0 Å². The summed E-state index contributed by atoms with van der Waals surface area (Å²) in [6.45, 7) is 1.43. The van der Waals surface area contributed by atoms with Crippen LogP contribution in [0.4, 0.5) is 0 Å². The molecule has 4 aliphatic rings. The Labute approximate surface area is 120 Å². The maximum absolute atomic E-state index is 12.1. The quantitative estimate of drug-likeness (QED) is 0.919. The zero-order valence-corrected chi connectivity index (χ0v) is 12.1. The van der Waals surface area contributed by atoms with Crippen molar-refractivity contribution in [2.24, 2.45) is 28.9 Å². The van der Waals surface area contributed by atoms with Gasteiger partial charge in [0.2, 0.25) is 0 Å². The Morgan fingerprint density at radius 1 is 1.10 bits per heavy atom. The fourth-order valence-corrected chi connectivity index (χ4v) is 5.67. The summed E-state index contributed by atoms with van der Waals surface area (Å²) in [4.78, 5) is 12.1. The average Bonchev–Trinajstić information content (AvgIpc) is 2.39. The predicted octanol–water partition coefficient (Wildman–Crippen LogP) is 2.52. The van der Waals surface area contributed by atoms with Gasteiger partial charge in [-0.15, -0.1) is 0 Å². The number of pyridine rings is 1. The van der Waals surface area contributed by atoms with Crippen LogP contribution >= 0.6 is 0 Å². The Kier molecular flexibility index (Phi) is 2.81. The first kappa shape index (κ1) is 12.6. The predicted molar refractivity (Wildman–Crippen MR) is 79.2 cm³/mol. The highest BCUT2D eigenvalue weighted by molar-refractivity contribution is 5.10. The first-order valence-electron chi connectivity index (χ1n) is 8.05. The van der Waals surface area contributed by atoms with Gasteiger partial charge >= 0.3 is 0 Å². The number of hydrogen-bond donors (Lipinski definition) is 1. The molecule has 4 bridgehead atoms. The third-order valence-corrected chi connectivity index (χ3v) is 5.95. The highest BCUT2D eigenvalue weighted by Gasteiger charge is 2.50. The van der Waals surface area contributed by atoms with Crippen LogP contribution in [0.5, 0.6) is 0 Å². The van der Waals surface area contributed by atoms with Crippen LogP contribution in [0, 0.1) is 23.2 Å². The monoisotopic (exact) mass is 272 g/mol. The van der Waals surface area contributed by atoms with E-state index in [1.165, 1.54) is 38.5 Å². The van der Waals surface area contributed by atoms with Gasteiger partial charge in [-0.3, -0.25) is 4.79 Å². The van der Waals surface area contributed by atoms with Gasteiger partial charge in [-0.1, -0.05) is 6.07 Å². The molecular weight excluding hydrogens is 248 g/mol. The largest absolute Gasteiger partial charge is 0.326 e. The normalized spacial score (nSPS) is 38.4. The van der Waals surface area contributed by atoms with Crippen LogP contribution in [0.1, 0.15) is 44.1 Å². The van der Waals surface area contributed by atoms with Crippen LogP contribution in [-0.2, 0) is 13.1 Å².